The first kappa shape index (κ1) is 12.0. The molecule has 0 spiro atoms. The van der Waals surface area contributed by atoms with Gasteiger partial charge in [-0.2, -0.15) is 0 Å². The smallest absolute Gasteiger partial charge is 0.0544 e. The third-order valence-corrected chi connectivity index (χ3v) is 3.62. The Bertz CT molecular complexity index is 337. The summed E-state index contributed by atoms with van der Waals surface area (Å²) in [6.07, 6.45) is 3.14. The van der Waals surface area contributed by atoms with Crippen molar-refractivity contribution in [2.24, 2.45) is 0 Å². The lowest BCUT2D eigenvalue weighted by atomic mass is 10.2. The van der Waals surface area contributed by atoms with Crippen LogP contribution in [0.4, 0.5) is 0 Å². The third-order valence-electron chi connectivity index (χ3n) is 3.15. The standard InChI is InChI=1S/C12H18BrN3/c1-15(2)12-5-6-16(9-12)8-11-4-3-10(13)7-14-11/h3-4,7,12H,5-6,8-9H2,1-2H3. The Balaban J connectivity index is 1.89. The molecule has 4 heteroatoms. The Labute approximate surface area is 106 Å². The van der Waals surface area contributed by atoms with Gasteiger partial charge >= 0.3 is 0 Å². The zero-order valence-electron chi connectivity index (χ0n) is 9.86. The summed E-state index contributed by atoms with van der Waals surface area (Å²) >= 11 is 3.40. The highest BCUT2D eigenvalue weighted by Crippen LogP contribution is 2.16. The van der Waals surface area contributed by atoms with Gasteiger partial charge in [0.1, 0.15) is 0 Å². The molecule has 1 fully saturated rings. The molecule has 0 N–H and O–H groups in total. The van der Waals surface area contributed by atoms with Gasteiger partial charge in [-0.15, -0.1) is 0 Å². The maximum Gasteiger partial charge on any atom is 0.0544 e. The SMILES string of the molecule is CN(C)C1CCN(Cc2ccc(Br)cn2)C1. The lowest BCUT2D eigenvalue weighted by molar-refractivity contribution is 0.263. The van der Waals surface area contributed by atoms with Gasteiger partial charge in [0.25, 0.3) is 0 Å². The molecule has 0 aromatic carbocycles. The Morgan fingerprint density at radius 1 is 1.50 bits per heavy atom. The number of likely N-dealkylation sites (tertiary alicyclic amines) is 1. The van der Waals surface area contributed by atoms with Crippen LogP contribution in [-0.2, 0) is 6.54 Å². The molecule has 0 radical (unpaired) electrons. The maximum absolute atomic E-state index is 4.41. The van der Waals surface area contributed by atoms with E-state index in [9.17, 15) is 0 Å². The minimum absolute atomic E-state index is 0.704. The molecule has 1 aliphatic rings. The van der Waals surface area contributed by atoms with Crippen LogP contribution >= 0.6 is 15.9 Å². The van der Waals surface area contributed by atoms with Gasteiger partial charge in [0, 0.05) is 36.3 Å². The number of aromatic nitrogens is 1. The minimum atomic E-state index is 0.704. The summed E-state index contributed by atoms with van der Waals surface area (Å²) in [5.41, 5.74) is 1.16. The third kappa shape index (κ3) is 3.03. The quantitative estimate of drug-likeness (QED) is 0.846. The summed E-state index contributed by atoms with van der Waals surface area (Å²) in [7, 11) is 4.32. The normalized spacial score (nSPS) is 21.9. The van der Waals surface area contributed by atoms with Gasteiger partial charge in [-0.1, -0.05) is 0 Å². The Morgan fingerprint density at radius 3 is 2.88 bits per heavy atom. The molecule has 3 nitrogen and oxygen atoms in total. The first-order valence-corrected chi connectivity index (χ1v) is 6.43. The average molecular weight is 284 g/mol. The van der Waals surface area contributed by atoms with E-state index in [4.69, 9.17) is 0 Å². The predicted octanol–water partition coefficient (Wildman–Crippen LogP) is 1.98. The molecule has 16 heavy (non-hydrogen) atoms. The molecule has 0 amide bonds. The molecule has 1 aromatic heterocycles. The lowest BCUT2D eigenvalue weighted by Gasteiger charge is -2.20. The van der Waals surface area contributed by atoms with E-state index in [1.54, 1.807) is 0 Å². The fraction of sp³-hybridized carbons (Fsp3) is 0.583. The molecular formula is C12H18BrN3. The summed E-state index contributed by atoms with van der Waals surface area (Å²) in [5.74, 6) is 0. The Hall–Kier alpha value is -0.450. The molecule has 0 saturated carbocycles. The van der Waals surface area contributed by atoms with Crippen LogP contribution < -0.4 is 0 Å². The second-order valence-corrected chi connectivity index (χ2v) is 5.52. The van der Waals surface area contributed by atoms with E-state index in [-0.39, 0.29) is 0 Å². The molecule has 1 unspecified atom stereocenters. The zero-order chi connectivity index (χ0) is 11.5. The fourth-order valence-corrected chi connectivity index (χ4v) is 2.34. The molecule has 1 aromatic rings. The molecule has 1 saturated heterocycles. The van der Waals surface area contributed by atoms with Gasteiger partial charge in [-0.25, -0.2) is 0 Å². The molecule has 0 aliphatic carbocycles. The van der Waals surface area contributed by atoms with Crippen LogP contribution in [0.3, 0.4) is 0 Å². The fourth-order valence-electron chi connectivity index (χ4n) is 2.11. The average Bonchev–Trinajstić information content (AvgIpc) is 2.70. The van der Waals surface area contributed by atoms with E-state index in [2.05, 4.69) is 56.9 Å². The van der Waals surface area contributed by atoms with Crippen molar-refractivity contribution >= 4 is 15.9 Å². The van der Waals surface area contributed by atoms with Crippen molar-refractivity contribution in [1.29, 1.82) is 0 Å². The summed E-state index contributed by atoms with van der Waals surface area (Å²) in [6.45, 7) is 3.31. The van der Waals surface area contributed by atoms with E-state index in [0.717, 1.165) is 23.3 Å². The minimum Gasteiger partial charge on any atom is -0.305 e. The Kier molecular flexibility index (Phi) is 3.95. The van der Waals surface area contributed by atoms with Crippen LogP contribution in [-0.4, -0.2) is 48.0 Å². The number of nitrogens with zero attached hydrogens (tertiary/aromatic N) is 3. The van der Waals surface area contributed by atoms with Crippen LogP contribution in [0.5, 0.6) is 0 Å². The highest BCUT2D eigenvalue weighted by atomic mass is 79.9. The monoisotopic (exact) mass is 283 g/mol. The molecule has 1 atom stereocenters. The van der Waals surface area contributed by atoms with Crippen molar-refractivity contribution in [2.75, 3.05) is 27.2 Å². The number of pyridine rings is 1. The van der Waals surface area contributed by atoms with Gasteiger partial charge in [-0.3, -0.25) is 9.88 Å². The number of rotatable bonds is 3. The van der Waals surface area contributed by atoms with Crippen LogP contribution in [0.25, 0.3) is 0 Å². The highest BCUT2D eigenvalue weighted by Gasteiger charge is 2.23. The summed E-state index contributed by atoms with van der Waals surface area (Å²) < 4.78 is 1.05. The van der Waals surface area contributed by atoms with Gasteiger partial charge in [0.2, 0.25) is 0 Å². The van der Waals surface area contributed by atoms with Crippen LogP contribution in [0.2, 0.25) is 0 Å². The van der Waals surface area contributed by atoms with Crippen LogP contribution in [0.15, 0.2) is 22.8 Å². The first-order valence-electron chi connectivity index (χ1n) is 5.64. The predicted molar refractivity (Wildman–Crippen MR) is 69.3 cm³/mol. The largest absolute Gasteiger partial charge is 0.305 e. The summed E-state index contributed by atoms with van der Waals surface area (Å²) in [5, 5.41) is 0. The molecule has 0 bridgehead atoms. The van der Waals surface area contributed by atoms with Gasteiger partial charge in [0.05, 0.1) is 5.69 Å². The number of hydrogen-bond donors (Lipinski definition) is 0. The van der Waals surface area contributed by atoms with E-state index < -0.39 is 0 Å². The second-order valence-electron chi connectivity index (χ2n) is 4.61. The van der Waals surface area contributed by atoms with E-state index in [1.165, 1.54) is 13.0 Å². The van der Waals surface area contributed by atoms with Crippen LogP contribution in [0.1, 0.15) is 12.1 Å². The molecule has 88 valence electrons. The van der Waals surface area contributed by atoms with Crippen LogP contribution in [0, 0.1) is 0 Å². The van der Waals surface area contributed by atoms with E-state index in [1.807, 2.05) is 6.20 Å². The van der Waals surface area contributed by atoms with Crippen molar-refractivity contribution in [3.05, 3.63) is 28.5 Å². The molecular weight excluding hydrogens is 266 g/mol. The number of likely N-dealkylation sites (N-methyl/N-ethyl adjacent to an activating group) is 1. The van der Waals surface area contributed by atoms with Crippen molar-refractivity contribution in [1.82, 2.24) is 14.8 Å². The lowest BCUT2D eigenvalue weighted by Crippen LogP contribution is -2.31. The Morgan fingerprint density at radius 2 is 2.31 bits per heavy atom. The van der Waals surface area contributed by atoms with Gasteiger partial charge in [-0.05, 0) is 48.6 Å². The number of halogens is 1. The maximum atomic E-state index is 4.41. The molecule has 2 rings (SSSR count). The zero-order valence-corrected chi connectivity index (χ0v) is 11.4. The van der Waals surface area contributed by atoms with Gasteiger partial charge in [0.15, 0.2) is 0 Å². The molecule has 1 aliphatic heterocycles. The van der Waals surface area contributed by atoms with Gasteiger partial charge < -0.3 is 4.90 Å². The number of hydrogen-bond acceptors (Lipinski definition) is 3. The van der Waals surface area contributed by atoms with Crippen molar-refractivity contribution in [2.45, 2.75) is 19.0 Å². The second kappa shape index (κ2) is 5.25. The highest BCUT2D eigenvalue weighted by molar-refractivity contribution is 9.10. The van der Waals surface area contributed by atoms with Crippen molar-refractivity contribution in [3.8, 4) is 0 Å². The van der Waals surface area contributed by atoms with Crippen molar-refractivity contribution in [3.63, 3.8) is 0 Å². The first-order chi connectivity index (χ1) is 7.65. The summed E-state index contributed by atoms with van der Waals surface area (Å²) in [4.78, 5) is 9.20. The molecule has 2 heterocycles. The van der Waals surface area contributed by atoms with E-state index in [0.29, 0.717) is 6.04 Å². The topological polar surface area (TPSA) is 19.4 Å². The summed E-state index contributed by atoms with van der Waals surface area (Å²) in [6, 6.07) is 4.85. The van der Waals surface area contributed by atoms with E-state index >= 15 is 0 Å². The van der Waals surface area contributed by atoms with Crippen molar-refractivity contribution < 1.29 is 0 Å².